The highest BCUT2D eigenvalue weighted by atomic mass is 16.5. The summed E-state index contributed by atoms with van der Waals surface area (Å²) in [5.41, 5.74) is 7.50. The first-order chi connectivity index (χ1) is 10.1. The Labute approximate surface area is 124 Å². The van der Waals surface area contributed by atoms with Crippen LogP contribution in [0.2, 0.25) is 0 Å². The Hall–Kier alpha value is -2.56. The van der Waals surface area contributed by atoms with Gasteiger partial charge >= 0.3 is 0 Å². The molecule has 0 atom stereocenters. The Morgan fingerprint density at radius 2 is 1.33 bits per heavy atom. The first kappa shape index (κ1) is 14.8. The molecular weight excluding hydrogens is 270 g/mol. The van der Waals surface area contributed by atoms with Crippen molar-refractivity contribution in [2.45, 2.75) is 6.92 Å². The number of nitrogens with two attached hydrogens (primary N) is 1. The predicted octanol–water partition coefficient (Wildman–Crippen LogP) is 3.40. The van der Waals surface area contributed by atoms with Gasteiger partial charge in [-0.2, -0.15) is 0 Å². The maximum Gasteiger partial charge on any atom is 0.203 e. The van der Waals surface area contributed by atoms with Gasteiger partial charge in [0.25, 0.3) is 0 Å². The monoisotopic (exact) mass is 289 g/mol. The van der Waals surface area contributed by atoms with Crippen molar-refractivity contribution in [1.82, 2.24) is 0 Å². The van der Waals surface area contributed by atoms with Crippen molar-refractivity contribution >= 4 is 5.69 Å². The zero-order valence-corrected chi connectivity index (χ0v) is 12.6. The minimum Gasteiger partial charge on any atom is -0.493 e. The lowest BCUT2D eigenvalue weighted by molar-refractivity contribution is 0.321. The van der Waals surface area contributed by atoms with E-state index >= 15 is 0 Å². The number of ether oxygens (including phenoxy) is 4. The second-order valence-corrected chi connectivity index (χ2v) is 4.54. The summed E-state index contributed by atoms with van der Waals surface area (Å²) in [6, 6.07) is 9.01. The van der Waals surface area contributed by atoms with E-state index in [4.69, 9.17) is 24.7 Å². The molecule has 5 nitrogen and oxygen atoms in total. The van der Waals surface area contributed by atoms with Crippen LogP contribution in [0.15, 0.2) is 30.3 Å². The molecular formula is C16H19NO4. The molecule has 0 aliphatic heterocycles. The molecule has 0 aromatic heterocycles. The normalized spacial score (nSPS) is 10.1. The third-order valence-electron chi connectivity index (χ3n) is 2.95. The number of benzene rings is 2. The van der Waals surface area contributed by atoms with Crippen LogP contribution in [0.3, 0.4) is 0 Å². The number of methoxy groups -OCH3 is 3. The Morgan fingerprint density at radius 3 is 1.81 bits per heavy atom. The number of hydrogen-bond donors (Lipinski definition) is 1. The molecule has 0 saturated heterocycles. The van der Waals surface area contributed by atoms with E-state index in [-0.39, 0.29) is 0 Å². The molecule has 0 saturated carbocycles. The lowest BCUT2D eigenvalue weighted by atomic mass is 10.2. The van der Waals surface area contributed by atoms with Crippen molar-refractivity contribution in [3.8, 4) is 28.7 Å². The van der Waals surface area contributed by atoms with Crippen LogP contribution >= 0.6 is 0 Å². The van der Waals surface area contributed by atoms with Crippen molar-refractivity contribution in [3.05, 3.63) is 35.9 Å². The van der Waals surface area contributed by atoms with Crippen LogP contribution in [0, 0.1) is 6.92 Å². The van der Waals surface area contributed by atoms with Gasteiger partial charge in [0.2, 0.25) is 5.75 Å². The number of rotatable bonds is 5. The van der Waals surface area contributed by atoms with Gasteiger partial charge in [0, 0.05) is 23.9 Å². The fraction of sp³-hybridized carbons (Fsp3) is 0.250. The Kier molecular flexibility index (Phi) is 4.42. The maximum atomic E-state index is 5.83. The second kappa shape index (κ2) is 6.26. The smallest absolute Gasteiger partial charge is 0.203 e. The molecule has 5 heteroatoms. The molecule has 0 bridgehead atoms. The molecule has 2 N–H and O–H groups in total. The maximum absolute atomic E-state index is 5.83. The molecule has 0 aliphatic carbocycles. The van der Waals surface area contributed by atoms with Gasteiger partial charge in [-0.05, 0) is 24.6 Å². The van der Waals surface area contributed by atoms with Gasteiger partial charge in [0.05, 0.1) is 21.3 Å². The minimum atomic E-state index is 0.524. The zero-order chi connectivity index (χ0) is 15.4. The van der Waals surface area contributed by atoms with E-state index in [1.54, 1.807) is 39.5 Å². The van der Waals surface area contributed by atoms with Crippen LogP contribution in [0.4, 0.5) is 5.69 Å². The van der Waals surface area contributed by atoms with Crippen molar-refractivity contribution in [1.29, 1.82) is 0 Å². The summed E-state index contributed by atoms with van der Waals surface area (Å²) in [6.45, 7) is 1.96. The predicted molar refractivity (Wildman–Crippen MR) is 81.8 cm³/mol. The van der Waals surface area contributed by atoms with E-state index in [1.165, 1.54) is 0 Å². The van der Waals surface area contributed by atoms with Crippen LogP contribution < -0.4 is 24.7 Å². The summed E-state index contributed by atoms with van der Waals surface area (Å²) >= 11 is 0. The third kappa shape index (κ3) is 3.31. The second-order valence-electron chi connectivity index (χ2n) is 4.54. The van der Waals surface area contributed by atoms with E-state index in [2.05, 4.69) is 0 Å². The quantitative estimate of drug-likeness (QED) is 0.855. The van der Waals surface area contributed by atoms with Gasteiger partial charge in [0.15, 0.2) is 11.5 Å². The average molecular weight is 289 g/mol. The molecule has 0 heterocycles. The van der Waals surface area contributed by atoms with E-state index in [0.717, 1.165) is 5.56 Å². The standard InChI is InChI=1S/C16H19NO4/c1-10-5-11(17)7-12(6-10)21-13-8-14(18-2)16(20-4)15(9-13)19-3/h5-9H,17H2,1-4H3. The Balaban J connectivity index is 2.40. The molecule has 0 spiro atoms. The highest BCUT2D eigenvalue weighted by Crippen LogP contribution is 2.42. The van der Waals surface area contributed by atoms with Crippen LogP contribution in [0.5, 0.6) is 28.7 Å². The first-order valence-electron chi connectivity index (χ1n) is 6.42. The Morgan fingerprint density at radius 1 is 0.762 bits per heavy atom. The Bertz CT molecular complexity index is 595. The van der Waals surface area contributed by atoms with Crippen LogP contribution in [0.1, 0.15) is 5.56 Å². The molecule has 2 aromatic carbocycles. The molecule has 2 rings (SSSR count). The highest BCUT2D eigenvalue weighted by Gasteiger charge is 2.14. The van der Waals surface area contributed by atoms with Gasteiger partial charge < -0.3 is 24.7 Å². The summed E-state index contributed by atoms with van der Waals surface area (Å²) < 4.78 is 21.7. The summed E-state index contributed by atoms with van der Waals surface area (Å²) in [4.78, 5) is 0. The first-order valence-corrected chi connectivity index (χ1v) is 6.42. The summed E-state index contributed by atoms with van der Waals surface area (Å²) in [7, 11) is 4.68. The largest absolute Gasteiger partial charge is 0.493 e. The number of anilines is 1. The minimum absolute atomic E-state index is 0.524. The summed E-state index contributed by atoms with van der Waals surface area (Å²) in [6.07, 6.45) is 0. The molecule has 2 aromatic rings. The molecule has 0 unspecified atom stereocenters. The molecule has 0 fully saturated rings. The summed E-state index contributed by atoms with van der Waals surface area (Å²) in [5.74, 6) is 2.83. The lowest BCUT2D eigenvalue weighted by Crippen LogP contribution is -1.96. The van der Waals surface area contributed by atoms with Crippen molar-refractivity contribution in [2.75, 3.05) is 27.1 Å². The van der Waals surface area contributed by atoms with Crippen LogP contribution in [-0.4, -0.2) is 21.3 Å². The number of aryl methyl sites for hydroxylation is 1. The fourth-order valence-corrected chi connectivity index (χ4v) is 2.09. The molecule has 0 amide bonds. The van der Waals surface area contributed by atoms with Crippen molar-refractivity contribution in [2.24, 2.45) is 0 Å². The SMILES string of the molecule is COc1cc(Oc2cc(C)cc(N)c2)cc(OC)c1OC. The van der Waals surface area contributed by atoms with Crippen molar-refractivity contribution in [3.63, 3.8) is 0 Å². The van der Waals surface area contributed by atoms with E-state index in [9.17, 15) is 0 Å². The number of hydrogen-bond acceptors (Lipinski definition) is 5. The average Bonchev–Trinajstić information content (AvgIpc) is 2.45. The van der Waals surface area contributed by atoms with Crippen molar-refractivity contribution < 1.29 is 18.9 Å². The topological polar surface area (TPSA) is 62.9 Å². The zero-order valence-electron chi connectivity index (χ0n) is 12.6. The van der Waals surface area contributed by atoms with Crippen LogP contribution in [0.25, 0.3) is 0 Å². The lowest BCUT2D eigenvalue weighted by Gasteiger charge is -2.15. The third-order valence-corrected chi connectivity index (χ3v) is 2.95. The van der Waals surface area contributed by atoms with Gasteiger partial charge in [-0.3, -0.25) is 0 Å². The molecule has 21 heavy (non-hydrogen) atoms. The fourth-order valence-electron chi connectivity index (χ4n) is 2.09. The number of nitrogen functional groups attached to an aromatic ring is 1. The molecule has 112 valence electrons. The van der Waals surface area contributed by atoms with Gasteiger partial charge in [-0.1, -0.05) is 0 Å². The highest BCUT2D eigenvalue weighted by molar-refractivity contribution is 5.57. The summed E-state index contributed by atoms with van der Waals surface area (Å²) in [5, 5.41) is 0. The molecule has 0 radical (unpaired) electrons. The molecule has 0 aliphatic rings. The van der Waals surface area contributed by atoms with E-state index in [0.29, 0.717) is 34.4 Å². The van der Waals surface area contributed by atoms with Gasteiger partial charge in [-0.25, -0.2) is 0 Å². The van der Waals surface area contributed by atoms with Crippen LogP contribution in [-0.2, 0) is 0 Å². The van der Waals surface area contributed by atoms with E-state index in [1.807, 2.05) is 19.1 Å². The van der Waals surface area contributed by atoms with E-state index < -0.39 is 0 Å². The van der Waals surface area contributed by atoms with Gasteiger partial charge in [0.1, 0.15) is 11.5 Å². The van der Waals surface area contributed by atoms with Gasteiger partial charge in [-0.15, -0.1) is 0 Å².